The van der Waals surface area contributed by atoms with Gasteiger partial charge in [0.25, 0.3) is 0 Å². The number of ether oxygens (including phenoxy) is 1. The third-order valence-corrected chi connectivity index (χ3v) is 4.20. The molecule has 2 unspecified atom stereocenters. The summed E-state index contributed by atoms with van der Waals surface area (Å²) in [6.45, 7) is 7.98. The monoisotopic (exact) mass is 301 g/mol. The highest BCUT2D eigenvalue weighted by atomic mass is 19.4. The van der Waals surface area contributed by atoms with Gasteiger partial charge in [-0.2, -0.15) is 13.2 Å². The lowest BCUT2D eigenvalue weighted by molar-refractivity contribution is -0.137. The van der Waals surface area contributed by atoms with Gasteiger partial charge in [-0.1, -0.05) is 12.1 Å². The second kappa shape index (κ2) is 4.99. The van der Waals surface area contributed by atoms with Crippen LogP contribution in [0.1, 0.15) is 51.3 Å². The molecule has 2 atom stereocenters. The normalized spacial score (nSPS) is 25.8. The van der Waals surface area contributed by atoms with Crippen LogP contribution in [0.5, 0.6) is 0 Å². The van der Waals surface area contributed by atoms with Gasteiger partial charge in [-0.3, -0.25) is 0 Å². The standard InChI is InChI=1S/C16H22F3NO/c1-14(2)9-12(15(3,4)21-14)13(20)10-5-7-11(8-6-10)16(17,18)19/h5-8,12-13H,9,20H2,1-4H3. The highest BCUT2D eigenvalue weighted by Gasteiger charge is 2.48. The quantitative estimate of drug-likeness (QED) is 0.884. The molecule has 2 rings (SSSR count). The third kappa shape index (κ3) is 3.40. The van der Waals surface area contributed by atoms with Gasteiger partial charge >= 0.3 is 6.18 Å². The van der Waals surface area contributed by atoms with E-state index in [0.29, 0.717) is 5.56 Å². The van der Waals surface area contributed by atoms with Crippen LogP contribution in [-0.2, 0) is 10.9 Å². The first-order valence-electron chi connectivity index (χ1n) is 7.05. The van der Waals surface area contributed by atoms with Gasteiger partial charge < -0.3 is 10.5 Å². The Bertz CT molecular complexity index is 505. The van der Waals surface area contributed by atoms with Crippen molar-refractivity contribution in [2.24, 2.45) is 11.7 Å². The molecule has 0 bridgehead atoms. The number of alkyl halides is 3. The Morgan fingerprint density at radius 1 is 1.14 bits per heavy atom. The molecule has 0 amide bonds. The first-order chi connectivity index (χ1) is 9.42. The molecule has 0 aromatic heterocycles. The van der Waals surface area contributed by atoms with E-state index in [2.05, 4.69) is 0 Å². The molecule has 118 valence electrons. The number of hydrogen-bond donors (Lipinski definition) is 1. The first kappa shape index (κ1) is 16.3. The fourth-order valence-corrected chi connectivity index (χ4v) is 3.29. The van der Waals surface area contributed by atoms with Crippen molar-refractivity contribution >= 4 is 0 Å². The number of nitrogens with two attached hydrogens (primary N) is 1. The van der Waals surface area contributed by atoms with Crippen LogP contribution in [0.3, 0.4) is 0 Å². The zero-order valence-electron chi connectivity index (χ0n) is 12.8. The largest absolute Gasteiger partial charge is 0.416 e. The Labute approximate surface area is 123 Å². The summed E-state index contributed by atoms with van der Waals surface area (Å²) < 4.78 is 43.8. The van der Waals surface area contributed by atoms with E-state index in [4.69, 9.17) is 10.5 Å². The molecule has 2 nitrogen and oxygen atoms in total. The summed E-state index contributed by atoms with van der Waals surface area (Å²) in [5.41, 5.74) is 5.69. The zero-order chi connectivity index (χ0) is 16.1. The maximum atomic E-state index is 12.6. The minimum Gasteiger partial charge on any atom is -0.369 e. The number of hydrogen-bond acceptors (Lipinski definition) is 2. The van der Waals surface area contributed by atoms with Gasteiger partial charge in [-0.15, -0.1) is 0 Å². The lowest BCUT2D eigenvalue weighted by atomic mass is 9.79. The van der Waals surface area contributed by atoms with Crippen molar-refractivity contribution in [1.29, 1.82) is 0 Å². The number of rotatable bonds is 2. The Morgan fingerprint density at radius 3 is 2.05 bits per heavy atom. The maximum absolute atomic E-state index is 12.6. The molecule has 0 spiro atoms. The van der Waals surface area contributed by atoms with Crippen LogP contribution in [0.15, 0.2) is 24.3 Å². The van der Waals surface area contributed by atoms with E-state index in [1.807, 2.05) is 27.7 Å². The average molecular weight is 301 g/mol. The molecule has 1 aliphatic heterocycles. The van der Waals surface area contributed by atoms with Crippen molar-refractivity contribution in [1.82, 2.24) is 0 Å². The molecule has 1 aromatic carbocycles. The van der Waals surface area contributed by atoms with Gasteiger partial charge in [0.05, 0.1) is 16.8 Å². The maximum Gasteiger partial charge on any atom is 0.416 e. The summed E-state index contributed by atoms with van der Waals surface area (Å²) in [4.78, 5) is 0. The molecule has 21 heavy (non-hydrogen) atoms. The van der Waals surface area contributed by atoms with Gasteiger partial charge in [0, 0.05) is 12.0 Å². The molecule has 2 N–H and O–H groups in total. The van der Waals surface area contributed by atoms with Crippen molar-refractivity contribution in [3.63, 3.8) is 0 Å². The Balaban J connectivity index is 2.23. The van der Waals surface area contributed by atoms with Crippen LogP contribution in [0, 0.1) is 5.92 Å². The van der Waals surface area contributed by atoms with E-state index in [1.54, 1.807) is 0 Å². The molecule has 1 aromatic rings. The minimum absolute atomic E-state index is 0.0595. The summed E-state index contributed by atoms with van der Waals surface area (Å²) in [5, 5.41) is 0. The van der Waals surface area contributed by atoms with Gasteiger partial charge in [0.15, 0.2) is 0 Å². The van der Waals surface area contributed by atoms with E-state index in [9.17, 15) is 13.2 Å². The summed E-state index contributed by atoms with van der Waals surface area (Å²) >= 11 is 0. The molecule has 1 saturated heterocycles. The topological polar surface area (TPSA) is 35.2 Å². The van der Waals surface area contributed by atoms with Crippen molar-refractivity contribution in [3.8, 4) is 0 Å². The lowest BCUT2D eigenvalue weighted by Gasteiger charge is -2.31. The van der Waals surface area contributed by atoms with Crippen molar-refractivity contribution in [3.05, 3.63) is 35.4 Å². The predicted octanol–water partition coefficient (Wildman–Crippen LogP) is 4.30. The molecule has 1 fully saturated rings. The average Bonchev–Trinajstić information content (AvgIpc) is 2.55. The molecule has 0 radical (unpaired) electrons. The molecule has 0 saturated carbocycles. The van der Waals surface area contributed by atoms with E-state index in [-0.39, 0.29) is 17.6 Å². The van der Waals surface area contributed by atoms with Gasteiger partial charge in [0.2, 0.25) is 0 Å². The summed E-state index contributed by atoms with van der Waals surface area (Å²) in [6, 6.07) is 4.76. The molecule has 0 aliphatic carbocycles. The van der Waals surface area contributed by atoms with Crippen molar-refractivity contribution < 1.29 is 17.9 Å². The van der Waals surface area contributed by atoms with E-state index < -0.39 is 17.3 Å². The summed E-state index contributed by atoms with van der Waals surface area (Å²) in [5.74, 6) is 0.0595. The van der Waals surface area contributed by atoms with Crippen LogP contribution in [0.25, 0.3) is 0 Å². The smallest absolute Gasteiger partial charge is 0.369 e. The fourth-order valence-electron chi connectivity index (χ4n) is 3.29. The van der Waals surface area contributed by atoms with E-state index in [0.717, 1.165) is 18.6 Å². The van der Waals surface area contributed by atoms with Crippen LogP contribution >= 0.6 is 0 Å². The van der Waals surface area contributed by atoms with Gasteiger partial charge in [-0.05, 0) is 51.8 Å². The predicted molar refractivity (Wildman–Crippen MR) is 75.7 cm³/mol. The zero-order valence-corrected chi connectivity index (χ0v) is 12.8. The van der Waals surface area contributed by atoms with Crippen LogP contribution in [0.2, 0.25) is 0 Å². The highest BCUT2D eigenvalue weighted by molar-refractivity contribution is 5.28. The Kier molecular flexibility index (Phi) is 3.87. The second-order valence-electron chi connectivity index (χ2n) is 6.92. The highest BCUT2D eigenvalue weighted by Crippen LogP contribution is 2.47. The SMILES string of the molecule is CC1(C)CC(C(N)c2ccc(C(F)(F)F)cc2)C(C)(C)O1. The van der Waals surface area contributed by atoms with Crippen LogP contribution in [0.4, 0.5) is 13.2 Å². The summed E-state index contributed by atoms with van der Waals surface area (Å²) in [6.07, 6.45) is -3.54. The fraction of sp³-hybridized carbons (Fsp3) is 0.625. The lowest BCUT2D eigenvalue weighted by Crippen LogP contribution is -2.35. The molecule has 1 aliphatic rings. The molecule has 5 heteroatoms. The molecular weight excluding hydrogens is 279 g/mol. The second-order valence-corrected chi connectivity index (χ2v) is 6.92. The molecular formula is C16H22F3NO. The Hall–Kier alpha value is -1.07. The van der Waals surface area contributed by atoms with E-state index in [1.165, 1.54) is 12.1 Å². The summed E-state index contributed by atoms with van der Waals surface area (Å²) in [7, 11) is 0. The van der Waals surface area contributed by atoms with Crippen molar-refractivity contribution in [2.45, 2.75) is 57.5 Å². The third-order valence-electron chi connectivity index (χ3n) is 4.20. The van der Waals surface area contributed by atoms with Gasteiger partial charge in [0.1, 0.15) is 0 Å². The van der Waals surface area contributed by atoms with Gasteiger partial charge in [-0.25, -0.2) is 0 Å². The Morgan fingerprint density at radius 2 is 1.67 bits per heavy atom. The van der Waals surface area contributed by atoms with Crippen molar-refractivity contribution in [2.75, 3.05) is 0 Å². The van der Waals surface area contributed by atoms with Crippen LogP contribution < -0.4 is 5.73 Å². The number of halogens is 3. The van der Waals surface area contributed by atoms with Crippen LogP contribution in [-0.4, -0.2) is 11.2 Å². The first-order valence-corrected chi connectivity index (χ1v) is 7.05. The minimum atomic E-state index is -4.32. The number of benzene rings is 1. The van der Waals surface area contributed by atoms with E-state index >= 15 is 0 Å². The molecule has 1 heterocycles.